The van der Waals surface area contributed by atoms with Gasteiger partial charge in [-0.25, -0.2) is 0 Å². The summed E-state index contributed by atoms with van der Waals surface area (Å²) >= 11 is 0. The quantitative estimate of drug-likeness (QED) is 0.545. The highest BCUT2D eigenvalue weighted by Gasteiger charge is 2.07. The topological polar surface area (TPSA) is 73.8 Å². The van der Waals surface area contributed by atoms with Crippen LogP contribution in [-0.2, 0) is 0 Å². The first-order valence-corrected chi connectivity index (χ1v) is 5.20. The number of aliphatic hydroxyl groups excluding tert-OH is 2. The van der Waals surface area contributed by atoms with Gasteiger partial charge in [0, 0.05) is 13.1 Å². The van der Waals surface area contributed by atoms with E-state index in [1.165, 1.54) is 0 Å². The first kappa shape index (κ1) is 12.6. The molecule has 1 aromatic carbocycles. The van der Waals surface area contributed by atoms with Crippen LogP contribution in [0.5, 0.6) is 5.75 Å². The summed E-state index contributed by atoms with van der Waals surface area (Å²) in [4.78, 5) is 0. The summed E-state index contributed by atoms with van der Waals surface area (Å²) in [5.74, 6) is 0.685. The maximum absolute atomic E-state index is 8.75. The third kappa shape index (κ3) is 3.29. The van der Waals surface area contributed by atoms with Gasteiger partial charge in [-0.15, -0.1) is 0 Å². The normalized spacial score (nSPS) is 9.94. The second-order valence-electron chi connectivity index (χ2n) is 3.19. The highest BCUT2D eigenvalue weighted by molar-refractivity contribution is 5.71. The zero-order chi connectivity index (χ0) is 11.8. The van der Waals surface area contributed by atoms with Gasteiger partial charge in [-0.1, -0.05) is 6.07 Å². The molecule has 0 saturated carbocycles. The van der Waals surface area contributed by atoms with Gasteiger partial charge < -0.3 is 25.6 Å². The monoisotopic (exact) mass is 226 g/mol. The van der Waals surface area contributed by atoms with E-state index < -0.39 is 0 Å². The van der Waals surface area contributed by atoms with Crippen molar-refractivity contribution in [3.63, 3.8) is 0 Å². The van der Waals surface area contributed by atoms with Gasteiger partial charge in [-0.3, -0.25) is 0 Å². The largest absolute Gasteiger partial charge is 0.492 e. The molecule has 5 nitrogen and oxygen atoms in total. The summed E-state index contributed by atoms with van der Waals surface area (Å²) in [7, 11) is 1.59. The number of hydrogen-bond acceptors (Lipinski definition) is 5. The number of rotatable bonds is 7. The molecule has 0 unspecified atom stereocenters. The van der Waals surface area contributed by atoms with Crippen LogP contribution in [0.3, 0.4) is 0 Å². The van der Waals surface area contributed by atoms with Crippen LogP contribution in [0.15, 0.2) is 18.2 Å². The molecule has 0 aliphatic heterocycles. The molecule has 90 valence electrons. The molecule has 0 atom stereocenters. The fourth-order valence-electron chi connectivity index (χ4n) is 1.42. The van der Waals surface area contributed by atoms with Gasteiger partial charge in [0.1, 0.15) is 0 Å². The van der Waals surface area contributed by atoms with Gasteiger partial charge >= 0.3 is 0 Å². The Bertz CT molecular complexity index is 292. The van der Waals surface area contributed by atoms with Crippen LogP contribution in [-0.4, -0.2) is 43.6 Å². The van der Waals surface area contributed by atoms with E-state index in [1.54, 1.807) is 7.11 Å². The Balaban J connectivity index is 2.82. The molecule has 1 rings (SSSR count). The molecule has 0 heterocycles. The van der Waals surface area contributed by atoms with Crippen LogP contribution in [0.2, 0.25) is 0 Å². The van der Waals surface area contributed by atoms with Crippen LogP contribution >= 0.6 is 0 Å². The molecule has 0 radical (unpaired) electrons. The lowest BCUT2D eigenvalue weighted by Crippen LogP contribution is -2.10. The molecule has 0 bridgehead atoms. The minimum Gasteiger partial charge on any atom is -0.492 e. The Morgan fingerprint density at radius 1 is 1.06 bits per heavy atom. The van der Waals surface area contributed by atoms with Gasteiger partial charge in [0.05, 0.1) is 31.7 Å². The number of methoxy groups -OCH3 is 1. The van der Waals surface area contributed by atoms with Gasteiger partial charge in [0.2, 0.25) is 0 Å². The fourth-order valence-corrected chi connectivity index (χ4v) is 1.42. The second-order valence-corrected chi connectivity index (χ2v) is 3.19. The number of aliphatic hydroxyl groups is 2. The van der Waals surface area contributed by atoms with Gasteiger partial charge in [-0.05, 0) is 12.1 Å². The van der Waals surface area contributed by atoms with E-state index in [4.69, 9.17) is 14.9 Å². The lowest BCUT2D eigenvalue weighted by molar-refractivity contribution is 0.310. The van der Waals surface area contributed by atoms with Crippen LogP contribution in [0.25, 0.3) is 0 Å². The molecule has 0 saturated heterocycles. The lowest BCUT2D eigenvalue weighted by Gasteiger charge is -2.15. The van der Waals surface area contributed by atoms with Crippen LogP contribution in [0.4, 0.5) is 11.4 Å². The average molecular weight is 226 g/mol. The first-order valence-electron chi connectivity index (χ1n) is 5.20. The summed E-state index contributed by atoms with van der Waals surface area (Å²) in [6.07, 6.45) is 0. The van der Waals surface area contributed by atoms with Crippen molar-refractivity contribution in [2.45, 2.75) is 0 Å². The molecule has 5 heteroatoms. The van der Waals surface area contributed by atoms with Crippen molar-refractivity contribution in [1.29, 1.82) is 0 Å². The van der Waals surface area contributed by atoms with Crippen LogP contribution in [0, 0.1) is 0 Å². The molecular weight excluding hydrogens is 208 g/mol. The zero-order valence-corrected chi connectivity index (χ0v) is 9.36. The van der Waals surface area contributed by atoms with Crippen LogP contribution < -0.4 is 15.4 Å². The second kappa shape index (κ2) is 6.92. The molecule has 0 spiro atoms. The first-order chi connectivity index (χ1) is 7.83. The number of anilines is 2. The SMILES string of the molecule is COc1c(NCCO)cccc1NCCO. The fraction of sp³-hybridized carbons (Fsp3) is 0.455. The van der Waals surface area contributed by atoms with E-state index in [0.29, 0.717) is 18.8 Å². The summed E-state index contributed by atoms with van der Waals surface area (Å²) in [5, 5.41) is 23.6. The Morgan fingerprint density at radius 3 is 1.94 bits per heavy atom. The van der Waals surface area contributed by atoms with Crippen LogP contribution in [0.1, 0.15) is 0 Å². The van der Waals surface area contributed by atoms with Crippen molar-refractivity contribution in [2.24, 2.45) is 0 Å². The van der Waals surface area contributed by atoms with E-state index in [1.807, 2.05) is 18.2 Å². The number of nitrogens with one attached hydrogen (secondary N) is 2. The highest BCUT2D eigenvalue weighted by atomic mass is 16.5. The molecule has 1 aromatic rings. The third-order valence-electron chi connectivity index (χ3n) is 2.07. The van der Waals surface area contributed by atoms with Crippen molar-refractivity contribution in [3.8, 4) is 5.75 Å². The molecule has 0 aromatic heterocycles. The summed E-state index contributed by atoms with van der Waals surface area (Å²) in [6, 6.07) is 5.62. The Hall–Kier alpha value is -1.46. The standard InChI is InChI=1S/C11H18N2O3/c1-16-11-9(12-5-7-14)3-2-4-10(11)13-6-8-15/h2-4,12-15H,5-8H2,1H3. The summed E-state index contributed by atoms with van der Waals surface area (Å²) in [6.45, 7) is 1.08. The van der Waals surface area contributed by atoms with Crippen molar-refractivity contribution in [2.75, 3.05) is 44.0 Å². The van der Waals surface area contributed by atoms with Crippen molar-refractivity contribution in [1.82, 2.24) is 0 Å². The van der Waals surface area contributed by atoms with Crippen molar-refractivity contribution < 1.29 is 14.9 Å². The highest BCUT2D eigenvalue weighted by Crippen LogP contribution is 2.32. The van der Waals surface area contributed by atoms with E-state index in [2.05, 4.69) is 10.6 Å². The predicted molar refractivity (Wildman–Crippen MR) is 64.1 cm³/mol. The molecule has 4 N–H and O–H groups in total. The zero-order valence-electron chi connectivity index (χ0n) is 9.36. The van der Waals surface area contributed by atoms with Gasteiger partial charge in [-0.2, -0.15) is 0 Å². The average Bonchev–Trinajstić information content (AvgIpc) is 2.33. The minimum atomic E-state index is 0.0669. The summed E-state index contributed by atoms with van der Waals surface area (Å²) in [5.41, 5.74) is 1.64. The van der Waals surface area contributed by atoms with Gasteiger partial charge in [0.25, 0.3) is 0 Å². The summed E-state index contributed by atoms with van der Waals surface area (Å²) < 4.78 is 5.28. The number of para-hydroxylation sites is 1. The van der Waals surface area contributed by atoms with E-state index in [9.17, 15) is 0 Å². The molecular formula is C11H18N2O3. The smallest absolute Gasteiger partial charge is 0.165 e. The number of benzene rings is 1. The van der Waals surface area contributed by atoms with E-state index in [0.717, 1.165) is 11.4 Å². The molecule has 0 aliphatic carbocycles. The maximum atomic E-state index is 8.75. The van der Waals surface area contributed by atoms with E-state index in [-0.39, 0.29) is 13.2 Å². The van der Waals surface area contributed by atoms with Crippen molar-refractivity contribution >= 4 is 11.4 Å². The van der Waals surface area contributed by atoms with Gasteiger partial charge in [0.15, 0.2) is 5.75 Å². The molecule has 0 amide bonds. The van der Waals surface area contributed by atoms with E-state index >= 15 is 0 Å². The third-order valence-corrected chi connectivity index (χ3v) is 2.07. The molecule has 0 aliphatic rings. The number of ether oxygens (including phenoxy) is 1. The predicted octanol–water partition coefficient (Wildman–Crippen LogP) is 0.504. The number of hydrogen-bond donors (Lipinski definition) is 4. The molecule has 16 heavy (non-hydrogen) atoms. The Kier molecular flexibility index (Phi) is 5.45. The Morgan fingerprint density at radius 2 is 1.56 bits per heavy atom. The molecule has 0 fully saturated rings. The lowest BCUT2D eigenvalue weighted by atomic mass is 10.2. The maximum Gasteiger partial charge on any atom is 0.165 e. The van der Waals surface area contributed by atoms with Crippen molar-refractivity contribution in [3.05, 3.63) is 18.2 Å². The minimum absolute atomic E-state index is 0.0669. The Labute approximate surface area is 95.1 Å².